The number of aryl methyl sites for hydroxylation is 1. The molecule has 0 spiro atoms. The largest absolute Gasteiger partial charge is 0.309 e. The number of nitrogens with one attached hydrogen (secondary N) is 1. The van der Waals surface area contributed by atoms with Crippen molar-refractivity contribution >= 4 is 49.0 Å². The normalized spacial score (nSPS) is 19.3. The van der Waals surface area contributed by atoms with Gasteiger partial charge in [-0.1, -0.05) is 0 Å². The number of hydrogen-bond donors (Lipinski definition) is 1. The lowest BCUT2D eigenvalue weighted by molar-refractivity contribution is -0.120. The van der Waals surface area contributed by atoms with Crippen LogP contribution >= 0.6 is 27.3 Å². The van der Waals surface area contributed by atoms with Gasteiger partial charge in [0.2, 0.25) is 5.91 Å². The summed E-state index contributed by atoms with van der Waals surface area (Å²) in [4.78, 5) is 12.4. The minimum Gasteiger partial charge on any atom is -0.309 e. The fraction of sp³-hybridized carbons (Fsp3) is 0.429. The van der Waals surface area contributed by atoms with Crippen molar-refractivity contribution in [3.63, 3.8) is 0 Å². The van der Waals surface area contributed by atoms with Crippen LogP contribution in [0.15, 0.2) is 32.4 Å². The van der Waals surface area contributed by atoms with Gasteiger partial charge in [-0.2, -0.15) is 9.40 Å². The first-order chi connectivity index (χ1) is 11.4. The first-order valence-electron chi connectivity index (χ1n) is 7.42. The fourth-order valence-corrected chi connectivity index (χ4v) is 6.34. The molecule has 1 amide bonds. The summed E-state index contributed by atoms with van der Waals surface area (Å²) >= 11 is 4.46. The van der Waals surface area contributed by atoms with E-state index in [-0.39, 0.29) is 18.4 Å². The summed E-state index contributed by atoms with van der Waals surface area (Å²) in [6.45, 7) is 0.627. The lowest BCUT2D eigenvalue weighted by Crippen LogP contribution is -2.43. The van der Waals surface area contributed by atoms with Gasteiger partial charge in [0.05, 0.1) is 9.70 Å². The van der Waals surface area contributed by atoms with Gasteiger partial charge in [0.25, 0.3) is 10.0 Å². The quantitative estimate of drug-likeness (QED) is 0.802. The third-order valence-electron chi connectivity index (χ3n) is 3.86. The number of thiophene rings is 1. The van der Waals surface area contributed by atoms with Crippen LogP contribution in [0.4, 0.5) is 5.82 Å². The van der Waals surface area contributed by atoms with Gasteiger partial charge in [-0.3, -0.25) is 9.48 Å². The molecular weight excluding hydrogens is 416 g/mol. The van der Waals surface area contributed by atoms with E-state index in [1.54, 1.807) is 36.1 Å². The zero-order valence-corrected chi connectivity index (χ0v) is 16.2. The van der Waals surface area contributed by atoms with Crippen molar-refractivity contribution in [2.45, 2.75) is 17.1 Å². The molecule has 1 atom stereocenters. The van der Waals surface area contributed by atoms with Gasteiger partial charge in [-0.25, -0.2) is 8.42 Å². The Labute approximate surface area is 152 Å². The van der Waals surface area contributed by atoms with Crippen LogP contribution in [0, 0.1) is 5.92 Å². The predicted octanol–water partition coefficient (Wildman–Crippen LogP) is 2.28. The molecule has 1 aliphatic heterocycles. The number of hydrogen-bond acceptors (Lipinski definition) is 5. The van der Waals surface area contributed by atoms with Gasteiger partial charge in [-0.05, 0) is 40.9 Å². The molecule has 130 valence electrons. The SMILES string of the molecule is Cn1ccc(NC(=O)[C@H]2CCCN(S(=O)(=O)c3ccc(Br)s3)C2)n1. The Morgan fingerprint density at radius 3 is 2.83 bits per heavy atom. The molecule has 0 aliphatic carbocycles. The highest BCUT2D eigenvalue weighted by Gasteiger charge is 2.34. The van der Waals surface area contributed by atoms with Crippen LogP contribution in [0.5, 0.6) is 0 Å². The number of carbonyl (C=O) groups excluding carboxylic acids is 1. The van der Waals surface area contributed by atoms with E-state index in [4.69, 9.17) is 0 Å². The highest BCUT2D eigenvalue weighted by Crippen LogP contribution is 2.31. The Hall–Kier alpha value is -1.23. The number of carbonyl (C=O) groups is 1. The molecular formula is C14H17BrN4O3S2. The van der Waals surface area contributed by atoms with Crippen LogP contribution < -0.4 is 5.32 Å². The molecule has 2 aromatic heterocycles. The minimum atomic E-state index is -3.55. The van der Waals surface area contributed by atoms with Crippen molar-refractivity contribution in [3.8, 4) is 0 Å². The van der Waals surface area contributed by atoms with E-state index in [0.717, 1.165) is 3.79 Å². The molecule has 24 heavy (non-hydrogen) atoms. The van der Waals surface area contributed by atoms with Crippen molar-refractivity contribution in [1.82, 2.24) is 14.1 Å². The highest BCUT2D eigenvalue weighted by atomic mass is 79.9. The summed E-state index contributed by atoms with van der Waals surface area (Å²) in [6.07, 6.45) is 3.06. The summed E-state index contributed by atoms with van der Waals surface area (Å²) < 4.78 is 29.5. The molecule has 3 rings (SSSR count). The summed E-state index contributed by atoms with van der Waals surface area (Å²) in [5.41, 5.74) is 0. The van der Waals surface area contributed by atoms with E-state index in [0.29, 0.717) is 29.4 Å². The maximum absolute atomic E-state index is 12.7. The molecule has 0 aromatic carbocycles. The zero-order chi connectivity index (χ0) is 17.3. The van der Waals surface area contributed by atoms with Gasteiger partial charge >= 0.3 is 0 Å². The van der Waals surface area contributed by atoms with Crippen LogP contribution in [0.2, 0.25) is 0 Å². The molecule has 7 nitrogen and oxygen atoms in total. The molecule has 0 saturated carbocycles. The first kappa shape index (κ1) is 17.6. The Bertz CT molecular complexity index is 846. The van der Waals surface area contributed by atoms with Crippen LogP contribution in [0.1, 0.15) is 12.8 Å². The number of sulfonamides is 1. The second kappa shape index (κ2) is 6.95. The van der Waals surface area contributed by atoms with Gasteiger partial charge < -0.3 is 5.32 Å². The number of aromatic nitrogens is 2. The number of halogens is 1. The summed E-state index contributed by atoms with van der Waals surface area (Å²) in [7, 11) is -1.79. The lowest BCUT2D eigenvalue weighted by Gasteiger charge is -2.30. The van der Waals surface area contributed by atoms with E-state index < -0.39 is 10.0 Å². The molecule has 1 aliphatic rings. The van der Waals surface area contributed by atoms with Gasteiger partial charge in [0, 0.05) is 32.4 Å². The van der Waals surface area contributed by atoms with Gasteiger partial charge in [0.1, 0.15) is 4.21 Å². The maximum atomic E-state index is 12.7. The van der Waals surface area contributed by atoms with E-state index >= 15 is 0 Å². The number of anilines is 1. The average molecular weight is 433 g/mol. The zero-order valence-electron chi connectivity index (χ0n) is 13.0. The van der Waals surface area contributed by atoms with Crippen molar-refractivity contribution in [2.75, 3.05) is 18.4 Å². The number of amides is 1. The van der Waals surface area contributed by atoms with E-state index in [9.17, 15) is 13.2 Å². The molecule has 2 aromatic rings. The monoisotopic (exact) mass is 432 g/mol. The average Bonchev–Trinajstić information content (AvgIpc) is 3.16. The van der Waals surface area contributed by atoms with Crippen LogP contribution in [-0.4, -0.2) is 41.5 Å². The van der Waals surface area contributed by atoms with E-state index in [2.05, 4.69) is 26.3 Å². The van der Waals surface area contributed by atoms with Gasteiger partial charge in [-0.15, -0.1) is 11.3 Å². The molecule has 1 saturated heterocycles. The lowest BCUT2D eigenvalue weighted by atomic mass is 9.99. The van der Waals surface area contributed by atoms with Crippen molar-refractivity contribution in [2.24, 2.45) is 13.0 Å². The second-order valence-corrected chi connectivity index (χ2v) is 10.3. The summed E-state index contributed by atoms with van der Waals surface area (Å²) in [6, 6.07) is 5.01. The summed E-state index contributed by atoms with van der Waals surface area (Å²) in [5.74, 6) is -0.0930. The van der Waals surface area contributed by atoms with Crippen LogP contribution in [0.3, 0.4) is 0 Å². The Morgan fingerprint density at radius 2 is 2.21 bits per heavy atom. The van der Waals surface area contributed by atoms with Crippen LogP contribution in [0.25, 0.3) is 0 Å². The maximum Gasteiger partial charge on any atom is 0.252 e. The topological polar surface area (TPSA) is 84.3 Å². The number of nitrogens with zero attached hydrogens (tertiary/aromatic N) is 3. The van der Waals surface area contributed by atoms with E-state index in [1.165, 1.54) is 15.6 Å². The van der Waals surface area contributed by atoms with E-state index in [1.807, 2.05) is 0 Å². The molecule has 0 unspecified atom stereocenters. The van der Waals surface area contributed by atoms with Crippen molar-refractivity contribution in [3.05, 3.63) is 28.2 Å². The Balaban J connectivity index is 1.71. The fourth-order valence-electron chi connectivity index (χ4n) is 2.65. The molecule has 1 N–H and O–H groups in total. The Kier molecular flexibility index (Phi) is 5.09. The summed E-state index contributed by atoms with van der Waals surface area (Å²) in [5, 5.41) is 6.86. The number of piperidine rings is 1. The molecule has 0 radical (unpaired) electrons. The second-order valence-electron chi connectivity index (χ2n) is 5.62. The van der Waals surface area contributed by atoms with Crippen molar-refractivity contribution < 1.29 is 13.2 Å². The molecule has 1 fully saturated rings. The van der Waals surface area contributed by atoms with Crippen molar-refractivity contribution in [1.29, 1.82) is 0 Å². The first-order valence-corrected chi connectivity index (χ1v) is 10.5. The number of rotatable bonds is 4. The van der Waals surface area contributed by atoms with Crippen LogP contribution in [-0.2, 0) is 21.9 Å². The standard InChI is InChI=1S/C14H17BrN4O3S2/c1-18-8-6-12(17-18)16-14(20)10-3-2-7-19(9-10)24(21,22)13-5-4-11(15)23-13/h4-6,8,10H,2-3,7,9H2,1H3,(H,16,17,20)/t10-/m0/s1. The molecule has 0 bridgehead atoms. The predicted molar refractivity (Wildman–Crippen MR) is 95.3 cm³/mol. The smallest absolute Gasteiger partial charge is 0.252 e. The highest BCUT2D eigenvalue weighted by molar-refractivity contribution is 9.11. The third kappa shape index (κ3) is 3.71. The Morgan fingerprint density at radius 1 is 1.42 bits per heavy atom. The third-order valence-corrected chi connectivity index (χ3v) is 7.82. The van der Waals surface area contributed by atoms with Gasteiger partial charge in [0.15, 0.2) is 5.82 Å². The minimum absolute atomic E-state index is 0.191. The molecule has 10 heteroatoms. The molecule has 3 heterocycles.